The molecule has 1 aliphatic heterocycles. The van der Waals surface area contributed by atoms with Gasteiger partial charge < -0.3 is 4.90 Å². The van der Waals surface area contributed by atoms with E-state index in [0.29, 0.717) is 5.75 Å². The summed E-state index contributed by atoms with van der Waals surface area (Å²) in [5.74, 6) is 0.111. The number of hydrogen-bond donors (Lipinski definition) is 0. The van der Waals surface area contributed by atoms with Crippen molar-refractivity contribution in [3.8, 4) is 11.1 Å². The van der Waals surface area contributed by atoms with Gasteiger partial charge >= 0.3 is 0 Å². The fourth-order valence-electron chi connectivity index (χ4n) is 3.60. The van der Waals surface area contributed by atoms with Crippen LogP contribution in [-0.4, -0.2) is 28.2 Å². The molecule has 0 unspecified atom stereocenters. The van der Waals surface area contributed by atoms with E-state index in [4.69, 9.17) is 0 Å². The largest absolute Gasteiger partial charge is 0.311 e. The van der Waals surface area contributed by atoms with E-state index in [0.717, 1.165) is 45.0 Å². The highest BCUT2D eigenvalue weighted by atomic mass is 32.2. The lowest BCUT2D eigenvalue weighted by atomic mass is 10.1. The molecule has 1 aliphatic rings. The minimum atomic E-state index is -0.268. The van der Waals surface area contributed by atoms with E-state index < -0.39 is 0 Å². The monoisotopic (exact) mass is 421 g/mol. The Morgan fingerprint density at radius 1 is 1.14 bits per heavy atom. The Morgan fingerprint density at radius 3 is 2.83 bits per heavy atom. The highest BCUT2D eigenvalue weighted by Gasteiger charge is 2.24. The summed E-state index contributed by atoms with van der Waals surface area (Å²) in [6, 6.07) is 14.4. The summed E-state index contributed by atoms with van der Waals surface area (Å²) in [5.41, 5.74) is 4.10. The van der Waals surface area contributed by atoms with Crippen LogP contribution in [0.1, 0.15) is 5.56 Å². The maximum atomic E-state index is 13.3. The quantitative estimate of drug-likeness (QED) is 0.337. The van der Waals surface area contributed by atoms with Crippen LogP contribution >= 0.6 is 23.1 Å². The van der Waals surface area contributed by atoms with Gasteiger partial charge in [0.2, 0.25) is 5.91 Å². The van der Waals surface area contributed by atoms with Crippen molar-refractivity contribution in [2.75, 3.05) is 17.2 Å². The van der Waals surface area contributed by atoms with E-state index >= 15 is 0 Å². The number of hydrogen-bond acceptors (Lipinski definition) is 5. The molecule has 0 radical (unpaired) electrons. The van der Waals surface area contributed by atoms with Gasteiger partial charge in [-0.25, -0.2) is 14.4 Å². The van der Waals surface area contributed by atoms with Crippen molar-refractivity contribution in [2.24, 2.45) is 0 Å². The SMILES string of the molecule is O=C(CSc1ncnc2scc(-c3ccc(F)cc3)c12)N1CCc2ccccc21. The van der Waals surface area contributed by atoms with Crippen LogP contribution in [0.3, 0.4) is 0 Å². The molecule has 0 bridgehead atoms. The first-order chi connectivity index (χ1) is 14.2. The zero-order valence-corrected chi connectivity index (χ0v) is 17.0. The fraction of sp³-hybridized carbons (Fsp3) is 0.136. The molecule has 2 aromatic carbocycles. The lowest BCUT2D eigenvalue weighted by Gasteiger charge is -2.17. The molecule has 144 valence electrons. The molecule has 0 saturated heterocycles. The van der Waals surface area contributed by atoms with E-state index in [1.54, 1.807) is 12.1 Å². The number of benzene rings is 2. The van der Waals surface area contributed by atoms with Crippen LogP contribution in [0.25, 0.3) is 21.3 Å². The van der Waals surface area contributed by atoms with Crippen LogP contribution in [0.2, 0.25) is 0 Å². The van der Waals surface area contributed by atoms with Crippen LogP contribution in [0.15, 0.2) is 65.3 Å². The lowest BCUT2D eigenvalue weighted by Crippen LogP contribution is -2.30. The maximum absolute atomic E-state index is 13.3. The summed E-state index contributed by atoms with van der Waals surface area (Å²) in [4.78, 5) is 24.4. The minimum absolute atomic E-state index is 0.0743. The third-order valence-electron chi connectivity index (χ3n) is 5.01. The molecule has 5 rings (SSSR count). The highest BCUT2D eigenvalue weighted by Crippen LogP contribution is 2.38. The predicted octanol–water partition coefficient (Wildman–Crippen LogP) is 5.18. The lowest BCUT2D eigenvalue weighted by molar-refractivity contribution is -0.116. The average Bonchev–Trinajstić information content (AvgIpc) is 3.37. The topological polar surface area (TPSA) is 46.1 Å². The molecule has 2 aromatic heterocycles. The van der Waals surface area contributed by atoms with E-state index in [-0.39, 0.29) is 11.7 Å². The normalized spacial score (nSPS) is 13.1. The number of fused-ring (bicyclic) bond motifs is 2. The Kier molecular flexibility index (Phi) is 4.77. The van der Waals surface area contributed by atoms with Crippen molar-refractivity contribution in [2.45, 2.75) is 11.4 Å². The van der Waals surface area contributed by atoms with E-state index in [9.17, 15) is 9.18 Å². The van der Waals surface area contributed by atoms with E-state index in [1.165, 1.54) is 47.1 Å². The van der Waals surface area contributed by atoms with Gasteiger partial charge in [0.05, 0.1) is 11.1 Å². The summed E-state index contributed by atoms with van der Waals surface area (Å²) < 4.78 is 13.3. The Labute approximate surface area is 175 Å². The molecular weight excluding hydrogens is 405 g/mol. The number of nitrogens with zero attached hydrogens (tertiary/aromatic N) is 3. The number of amides is 1. The van der Waals surface area contributed by atoms with Gasteiger partial charge in [-0.2, -0.15) is 0 Å². The Morgan fingerprint density at radius 2 is 1.97 bits per heavy atom. The summed E-state index contributed by atoms with van der Waals surface area (Å²) in [7, 11) is 0. The second kappa shape index (κ2) is 7.57. The standard InChI is InChI=1S/C22H16FN3OS2/c23-16-7-5-14(6-8-16)17-11-28-21-20(17)22(25-13-24-21)29-12-19(27)26-10-9-15-3-1-2-4-18(15)26/h1-8,11,13H,9-10,12H2. The smallest absolute Gasteiger partial charge is 0.237 e. The first-order valence-electron chi connectivity index (χ1n) is 9.20. The van der Waals surface area contributed by atoms with Gasteiger partial charge in [0.15, 0.2) is 0 Å². The molecular formula is C22H16FN3OS2. The van der Waals surface area contributed by atoms with Crippen molar-refractivity contribution < 1.29 is 9.18 Å². The molecule has 7 heteroatoms. The van der Waals surface area contributed by atoms with Crippen molar-refractivity contribution in [1.29, 1.82) is 0 Å². The Balaban J connectivity index is 1.42. The number of para-hydroxylation sites is 1. The van der Waals surface area contributed by atoms with Gasteiger partial charge in [-0.3, -0.25) is 4.79 Å². The van der Waals surface area contributed by atoms with Gasteiger partial charge in [-0.1, -0.05) is 42.1 Å². The Hall–Kier alpha value is -2.77. The average molecular weight is 422 g/mol. The minimum Gasteiger partial charge on any atom is -0.311 e. The zero-order valence-electron chi connectivity index (χ0n) is 15.3. The van der Waals surface area contributed by atoms with Crippen LogP contribution in [0.5, 0.6) is 0 Å². The summed E-state index contributed by atoms with van der Waals surface area (Å²) in [6.07, 6.45) is 2.43. The molecule has 29 heavy (non-hydrogen) atoms. The molecule has 1 amide bonds. The van der Waals surface area contributed by atoms with E-state index in [2.05, 4.69) is 16.0 Å². The number of thiophene rings is 1. The van der Waals surface area contributed by atoms with Gasteiger partial charge in [0.25, 0.3) is 0 Å². The number of halogens is 1. The molecule has 0 atom stereocenters. The second-order valence-electron chi connectivity index (χ2n) is 6.73. The molecule has 4 nitrogen and oxygen atoms in total. The van der Waals surface area contributed by atoms with Crippen LogP contribution in [-0.2, 0) is 11.2 Å². The summed E-state index contributed by atoms with van der Waals surface area (Å²) in [5, 5.41) is 3.70. The molecule has 0 aliphatic carbocycles. The number of rotatable bonds is 4. The number of anilines is 1. The fourth-order valence-corrected chi connectivity index (χ4v) is 5.47. The molecule has 4 aromatic rings. The van der Waals surface area contributed by atoms with Crippen molar-refractivity contribution in [1.82, 2.24) is 9.97 Å². The molecule has 0 N–H and O–H groups in total. The van der Waals surface area contributed by atoms with Crippen LogP contribution < -0.4 is 4.90 Å². The third-order valence-corrected chi connectivity index (χ3v) is 6.87. The number of carbonyl (C=O) groups is 1. The number of thioether (sulfide) groups is 1. The first kappa shape index (κ1) is 18.3. The number of carbonyl (C=O) groups excluding carboxylic acids is 1. The van der Waals surface area contributed by atoms with Gasteiger partial charge in [-0.15, -0.1) is 11.3 Å². The Bertz CT molecular complexity index is 1210. The maximum Gasteiger partial charge on any atom is 0.237 e. The van der Waals surface area contributed by atoms with Gasteiger partial charge in [0.1, 0.15) is 22.0 Å². The van der Waals surface area contributed by atoms with E-state index in [1.807, 2.05) is 28.5 Å². The van der Waals surface area contributed by atoms with Crippen LogP contribution in [0, 0.1) is 5.82 Å². The molecule has 0 fully saturated rings. The first-order valence-corrected chi connectivity index (χ1v) is 11.1. The van der Waals surface area contributed by atoms with Gasteiger partial charge in [0, 0.05) is 23.2 Å². The highest BCUT2D eigenvalue weighted by molar-refractivity contribution is 8.00. The van der Waals surface area contributed by atoms with Gasteiger partial charge in [-0.05, 0) is 35.7 Å². The summed E-state index contributed by atoms with van der Waals surface area (Å²) >= 11 is 2.95. The van der Waals surface area contributed by atoms with Crippen molar-refractivity contribution in [3.05, 3.63) is 71.6 Å². The zero-order chi connectivity index (χ0) is 19.8. The van der Waals surface area contributed by atoms with Crippen LogP contribution in [0.4, 0.5) is 10.1 Å². The number of aromatic nitrogens is 2. The third kappa shape index (κ3) is 3.41. The van der Waals surface area contributed by atoms with Crippen molar-refractivity contribution in [3.63, 3.8) is 0 Å². The predicted molar refractivity (Wildman–Crippen MR) is 116 cm³/mol. The van der Waals surface area contributed by atoms with Crippen molar-refractivity contribution >= 4 is 44.9 Å². The summed E-state index contributed by atoms with van der Waals surface area (Å²) in [6.45, 7) is 0.719. The molecule has 3 heterocycles. The second-order valence-corrected chi connectivity index (χ2v) is 8.55. The molecule has 0 saturated carbocycles. The molecule has 0 spiro atoms.